The summed E-state index contributed by atoms with van der Waals surface area (Å²) in [5.41, 5.74) is 0. The minimum Gasteiger partial charge on any atom is -0.481 e. The van der Waals surface area contributed by atoms with Crippen molar-refractivity contribution >= 4 is 11.9 Å². The van der Waals surface area contributed by atoms with Crippen LogP contribution >= 0.6 is 0 Å². The molecule has 0 aromatic heterocycles. The van der Waals surface area contributed by atoms with Gasteiger partial charge in [-0.3, -0.25) is 9.59 Å². The van der Waals surface area contributed by atoms with Gasteiger partial charge in [-0.15, -0.1) is 0 Å². The quantitative estimate of drug-likeness (QED) is 0.0563. The molecule has 38 heavy (non-hydrogen) atoms. The van der Waals surface area contributed by atoms with Crippen molar-refractivity contribution in [2.24, 2.45) is 0 Å². The monoisotopic (exact) mass is 536 g/mol. The fourth-order valence-corrected chi connectivity index (χ4v) is 5.00. The van der Waals surface area contributed by atoms with Gasteiger partial charge >= 0.3 is 11.9 Å². The Morgan fingerprint density at radius 1 is 0.553 bits per heavy atom. The van der Waals surface area contributed by atoms with Gasteiger partial charge in [0.25, 0.3) is 0 Å². The summed E-state index contributed by atoms with van der Waals surface area (Å²) in [4.78, 5) is 23.1. The standard InChI is InChI=1S/C34H64O4/c1-3-5-7-9-10-11-12-13-14-15-16-17-18-19-21-27-31-34(37)38-32(28-24-20-8-6-4-2)29-25-22-23-26-30-33(35)36/h14-15,32H,3-13,16-31H2,1-2H3,(H,35,36)/b15-14-. The van der Waals surface area contributed by atoms with Crippen molar-refractivity contribution in [1.29, 1.82) is 0 Å². The summed E-state index contributed by atoms with van der Waals surface area (Å²) >= 11 is 0. The van der Waals surface area contributed by atoms with Crippen LogP contribution < -0.4 is 0 Å². The number of carbonyl (C=O) groups is 2. The Kier molecular flexibility index (Phi) is 29.2. The average molecular weight is 537 g/mol. The van der Waals surface area contributed by atoms with Gasteiger partial charge in [0, 0.05) is 12.8 Å². The number of rotatable bonds is 30. The Hall–Kier alpha value is -1.32. The van der Waals surface area contributed by atoms with Gasteiger partial charge in [0.1, 0.15) is 6.10 Å². The number of hydrogen-bond acceptors (Lipinski definition) is 3. The number of unbranched alkanes of at least 4 members (excludes halogenated alkanes) is 19. The van der Waals surface area contributed by atoms with Crippen LogP contribution in [0.15, 0.2) is 12.2 Å². The summed E-state index contributed by atoms with van der Waals surface area (Å²) in [5.74, 6) is -0.738. The van der Waals surface area contributed by atoms with E-state index in [4.69, 9.17) is 9.84 Å². The first-order valence-corrected chi connectivity index (χ1v) is 16.7. The Bertz CT molecular complexity index is 543. The highest BCUT2D eigenvalue weighted by molar-refractivity contribution is 5.69. The molecule has 224 valence electrons. The van der Waals surface area contributed by atoms with Crippen LogP contribution in [0.4, 0.5) is 0 Å². The summed E-state index contributed by atoms with van der Waals surface area (Å²) in [6, 6.07) is 0. The lowest BCUT2D eigenvalue weighted by Gasteiger charge is -2.18. The smallest absolute Gasteiger partial charge is 0.306 e. The molecule has 0 aliphatic heterocycles. The Morgan fingerprint density at radius 3 is 1.42 bits per heavy atom. The van der Waals surface area contributed by atoms with Crippen molar-refractivity contribution in [2.45, 2.75) is 193 Å². The number of hydrogen-bond donors (Lipinski definition) is 1. The number of carbonyl (C=O) groups excluding carboxylic acids is 1. The first kappa shape index (κ1) is 36.7. The molecule has 1 N–H and O–H groups in total. The SMILES string of the molecule is CCCCCCCCC/C=C\CCCCCCCC(=O)OC(CCCCCCC)CCCCCCC(=O)O. The molecule has 0 fully saturated rings. The fraction of sp³-hybridized carbons (Fsp3) is 0.882. The molecule has 1 atom stereocenters. The van der Waals surface area contributed by atoms with Gasteiger partial charge in [-0.1, -0.05) is 122 Å². The van der Waals surface area contributed by atoms with Crippen molar-refractivity contribution in [1.82, 2.24) is 0 Å². The number of carboxylic acid groups (broad SMARTS) is 1. The highest BCUT2D eigenvalue weighted by Crippen LogP contribution is 2.18. The molecule has 0 aromatic rings. The normalized spacial score (nSPS) is 12.3. The summed E-state index contributed by atoms with van der Waals surface area (Å²) in [6.45, 7) is 4.50. The number of ether oxygens (including phenoxy) is 1. The topological polar surface area (TPSA) is 63.6 Å². The molecule has 0 bridgehead atoms. The molecule has 4 heteroatoms. The van der Waals surface area contributed by atoms with E-state index in [1.54, 1.807) is 0 Å². The van der Waals surface area contributed by atoms with E-state index >= 15 is 0 Å². The van der Waals surface area contributed by atoms with E-state index in [-0.39, 0.29) is 18.5 Å². The van der Waals surface area contributed by atoms with Crippen LogP contribution in [0, 0.1) is 0 Å². The largest absolute Gasteiger partial charge is 0.481 e. The highest BCUT2D eigenvalue weighted by Gasteiger charge is 2.14. The van der Waals surface area contributed by atoms with Crippen LogP contribution in [-0.4, -0.2) is 23.1 Å². The second kappa shape index (κ2) is 30.2. The Labute approximate surface area is 236 Å². The minimum absolute atomic E-state index is 0.0252. The van der Waals surface area contributed by atoms with E-state index in [1.807, 2.05) is 0 Å². The van der Waals surface area contributed by atoms with E-state index in [1.165, 1.54) is 103 Å². The molecule has 4 nitrogen and oxygen atoms in total. The van der Waals surface area contributed by atoms with Crippen LogP contribution in [0.5, 0.6) is 0 Å². The van der Waals surface area contributed by atoms with E-state index < -0.39 is 5.97 Å². The highest BCUT2D eigenvalue weighted by atomic mass is 16.5. The first-order chi connectivity index (χ1) is 18.6. The van der Waals surface area contributed by atoms with Crippen LogP contribution in [0.3, 0.4) is 0 Å². The summed E-state index contributed by atoms with van der Waals surface area (Å²) in [6.07, 6.45) is 35.2. The van der Waals surface area contributed by atoms with Crippen molar-refractivity contribution in [3.63, 3.8) is 0 Å². The van der Waals surface area contributed by atoms with Gasteiger partial charge in [-0.2, -0.15) is 0 Å². The number of allylic oxidation sites excluding steroid dienone is 2. The fourth-order valence-electron chi connectivity index (χ4n) is 5.00. The maximum Gasteiger partial charge on any atom is 0.306 e. The Balaban J connectivity index is 3.83. The predicted octanol–water partition coefficient (Wildman–Crippen LogP) is 11.1. The van der Waals surface area contributed by atoms with Crippen LogP contribution in [0.1, 0.15) is 187 Å². The molecule has 0 radical (unpaired) electrons. The van der Waals surface area contributed by atoms with Gasteiger partial charge in [0.15, 0.2) is 0 Å². The molecule has 1 unspecified atom stereocenters. The van der Waals surface area contributed by atoms with E-state index in [0.29, 0.717) is 6.42 Å². The van der Waals surface area contributed by atoms with Crippen LogP contribution in [0.25, 0.3) is 0 Å². The molecule has 0 spiro atoms. The lowest BCUT2D eigenvalue weighted by molar-refractivity contribution is -0.150. The lowest BCUT2D eigenvalue weighted by Crippen LogP contribution is -2.18. The summed E-state index contributed by atoms with van der Waals surface area (Å²) in [5, 5.41) is 8.77. The van der Waals surface area contributed by atoms with Crippen molar-refractivity contribution < 1.29 is 19.4 Å². The van der Waals surface area contributed by atoms with Gasteiger partial charge in [0.2, 0.25) is 0 Å². The predicted molar refractivity (Wildman–Crippen MR) is 163 cm³/mol. The lowest BCUT2D eigenvalue weighted by atomic mass is 10.0. The third kappa shape index (κ3) is 29.2. The van der Waals surface area contributed by atoms with E-state index in [9.17, 15) is 9.59 Å². The third-order valence-corrected chi connectivity index (χ3v) is 7.49. The molecule has 0 saturated carbocycles. The van der Waals surface area contributed by atoms with Gasteiger partial charge < -0.3 is 9.84 Å². The molecule has 0 rings (SSSR count). The third-order valence-electron chi connectivity index (χ3n) is 7.49. The minimum atomic E-state index is -0.713. The van der Waals surface area contributed by atoms with Crippen molar-refractivity contribution in [3.05, 3.63) is 12.2 Å². The maximum absolute atomic E-state index is 12.4. The molecule has 0 heterocycles. The van der Waals surface area contributed by atoms with Crippen molar-refractivity contribution in [2.75, 3.05) is 0 Å². The zero-order valence-electron chi connectivity index (χ0n) is 25.5. The zero-order valence-corrected chi connectivity index (χ0v) is 25.5. The Morgan fingerprint density at radius 2 is 0.947 bits per heavy atom. The molecule has 0 aromatic carbocycles. The molecule has 0 aliphatic carbocycles. The second-order valence-corrected chi connectivity index (χ2v) is 11.3. The van der Waals surface area contributed by atoms with Gasteiger partial charge in [-0.25, -0.2) is 0 Å². The van der Waals surface area contributed by atoms with Gasteiger partial charge in [0.05, 0.1) is 0 Å². The van der Waals surface area contributed by atoms with Crippen LogP contribution in [0.2, 0.25) is 0 Å². The second-order valence-electron chi connectivity index (χ2n) is 11.3. The van der Waals surface area contributed by atoms with E-state index in [2.05, 4.69) is 26.0 Å². The number of esters is 1. The van der Waals surface area contributed by atoms with Gasteiger partial charge in [-0.05, 0) is 64.2 Å². The van der Waals surface area contributed by atoms with Crippen LogP contribution in [-0.2, 0) is 14.3 Å². The average Bonchev–Trinajstić information content (AvgIpc) is 2.89. The number of aliphatic carboxylic acids is 1. The summed E-state index contributed by atoms with van der Waals surface area (Å²) < 4.78 is 5.88. The molecule has 0 amide bonds. The van der Waals surface area contributed by atoms with E-state index in [0.717, 1.165) is 57.8 Å². The zero-order chi connectivity index (χ0) is 27.9. The molecule has 0 aliphatic rings. The molecular formula is C34H64O4. The molecular weight excluding hydrogens is 472 g/mol. The number of carboxylic acids is 1. The summed E-state index contributed by atoms with van der Waals surface area (Å²) in [7, 11) is 0. The maximum atomic E-state index is 12.4. The first-order valence-electron chi connectivity index (χ1n) is 16.7. The van der Waals surface area contributed by atoms with Crippen molar-refractivity contribution in [3.8, 4) is 0 Å². The molecule has 0 saturated heterocycles.